The number of para-hydroxylation sites is 1. The van der Waals surface area contributed by atoms with Gasteiger partial charge in [0.15, 0.2) is 6.10 Å². The van der Waals surface area contributed by atoms with Gasteiger partial charge in [0.1, 0.15) is 11.6 Å². The van der Waals surface area contributed by atoms with Crippen molar-refractivity contribution in [2.45, 2.75) is 13.0 Å². The molecule has 0 heterocycles. The van der Waals surface area contributed by atoms with Crippen molar-refractivity contribution >= 4 is 11.6 Å². The number of rotatable bonds is 4. The van der Waals surface area contributed by atoms with Crippen LogP contribution in [0.3, 0.4) is 0 Å². The molecule has 106 valence electrons. The van der Waals surface area contributed by atoms with Gasteiger partial charge in [-0.3, -0.25) is 4.79 Å². The van der Waals surface area contributed by atoms with Crippen molar-refractivity contribution in [1.29, 1.82) is 5.26 Å². The Morgan fingerprint density at radius 2 is 1.90 bits per heavy atom. The quantitative estimate of drug-likeness (QED) is 0.938. The highest BCUT2D eigenvalue weighted by Gasteiger charge is 2.16. The Balaban J connectivity index is 1.99. The molecule has 1 N–H and O–H groups in total. The SMILES string of the molecule is CC(Oc1ccc(C#N)cc1)C(=O)Nc1ccccc1F. The van der Waals surface area contributed by atoms with E-state index in [4.69, 9.17) is 10.00 Å². The van der Waals surface area contributed by atoms with Crippen molar-refractivity contribution < 1.29 is 13.9 Å². The van der Waals surface area contributed by atoms with E-state index in [0.717, 1.165) is 0 Å². The van der Waals surface area contributed by atoms with Crippen LogP contribution in [0.15, 0.2) is 48.5 Å². The van der Waals surface area contributed by atoms with E-state index in [1.54, 1.807) is 43.3 Å². The maximum Gasteiger partial charge on any atom is 0.265 e. The minimum absolute atomic E-state index is 0.109. The van der Waals surface area contributed by atoms with Crippen LogP contribution in [0.1, 0.15) is 12.5 Å². The molecule has 0 radical (unpaired) electrons. The number of carbonyl (C=O) groups is 1. The molecule has 0 bridgehead atoms. The van der Waals surface area contributed by atoms with E-state index in [1.807, 2.05) is 6.07 Å². The maximum atomic E-state index is 13.4. The van der Waals surface area contributed by atoms with Gasteiger partial charge in [0.25, 0.3) is 5.91 Å². The number of carbonyl (C=O) groups excluding carboxylic acids is 1. The summed E-state index contributed by atoms with van der Waals surface area (Å²) in [6.07, 6.45) is -0.794. The van der Waals surface area contributed by atoms with Crippen LogP contribution in [0, 0.1) is 17.1 Å². The lowest BCUT2D eigenvalue weighted by atomic mass is 10.2. The second kappa shape index (κ2) is 6.53. The van der Waals surface area contributed by atoms with Crippen LogP contribution in [0.2, 0.25) is 0 Å². The fraction of sp³-hybridized carbons (Fsp3) is 0.125. The maximum absolute atomic E-state index is 13.4. The van der Waals surface area contributed by atoms with E-state index in [0.29, 0.717) is 11.3 Å². The van der Waals surface area contributed by atoms with Crippen LogP contribution in [0.5, 0.6) is 5.75 Å². The largest absolute Gasteiger partial charge is 0.481 e. The van der Waals surface area contributed by atoms with Gasteiger partial charge in [-0.25, -0.2) is 4.39 Å². The average Bonchev–Trinajstić information content (AvgIpc) is 2.50. The number of nitrogens with one attached hydrogen (secondary N) is 1. The van der Waals surface area contributed by atoms with Gasteiger partial charge >= 0.3 is 0 Å². The standard InChI is InChI=1S/C16H13FN2O2/c1-11(21-13-8-6-12(10-18)7-9-13)16(20)19-15-5-3-2-4-14(15)17/h2-9,11H,1H3,(H,19,20). The van der Waals surface area contributed by atoms with Crippen molar-refractivity contribution in [2.24, 2.45) is 0 Å². The third kappa shape index (κ3) is 3.80. The first kappa shape index (κ1) is 14.5. The van der Waals surface area contributed by atoms with Gasteiger partial charge in [0.2, 0.25) is 0 Å². The first-order valence-corrected chi connectivity index (χ1v) is 6.32. The first-order valence-electron chi connectivity index (χ1n) is 6.32. The van der Waals surface area contributed by atoms with Crippen LogP contribution < -0.4 is 10.1 Å². The lowest BCUT2D eigenvalue weighted by Gasteiger charge is -2.15. The van der Waals surface area contributed by atoms with Gasteiger partial charge in [-0.1, -0.05) is 12.1 Å². The predicted octanol–water partition coefficient (Wildman–Crippen LogP) is 3.10. The fourth-order valence-electron chi connectivity index (χ4n) is 1.66. The summed E-state index contributed by atoms with van der Waals surface area (Å²) >= 11 is 0. The summed E-state index contributed by atoms with van der Waals surface area (Å²) < 4.78 is 18.9. The molecule has 4 nitrogen and oxygen atoms in total. The summed E-state index contributed by atoms with van der Waals surface area (Å²) in [6, 6.07) is 14.3. The van der Waals surface area contributed by atoms with Crippen molar-refractivity contribution in [3.8, 4) is 11.8 Å². The number of nitriles is 1. The molecule has 0 saturated heterocycles. The Bertz CT molecular complexity index is 677. The van der Waals surface area contributed by atoms with Crippen LogP contribution in [-0.2, 0) is 4.79 Å². The third-order valence-corrected chi connectivity index (χ3v) is 2.80. The minimum Gasteiger partial charge on any atom is -0.481 e. The van der Waals surface area contributed by atoms with Crippen molar-refractivity contribution in [3.05, 3.63) is 59.9 Å². The van der Waals surface area contributed by atoms with Gasteiger partial charge in [-0.15, -0.1) is 0 Å². The zero-order valence-corrected chi connectivity index (χ0v) is 11.3. The van der Waals surface area contributed by atoms with E-state index in [-0.39, 0.29) is 5.69 Å². The van der Waals surface area contributed by atoms with Gasteiger partial charge < -0.3 is 10.1 Å². The minimum atomic E-state index is -0.794. The number of benzene rings is 2. The number of hydrogen-bond donors (Lipinski definition) is 1. The van der Waals surface area contributed by atoms with Crippen molar-refractivity contribution in [3.63, 3.8) is 0 Å². The molecule has 5 heteroatoms. The molecular formula is C16H13FN2O2. The molecule has 0 aliphatic rings. The molecule has 0 saturated carbocycles. The van der Waals surface area contributed by atoms with Crippen molar-refractivity contribution in [1.82, 2.24) is 0 Å². The molecule has 2 aromatic carbocycles. The number of halogens is 1. The smallest absolute Gasteiger partial charge is 0.265 e. The lowest BCUT2D eigenvalue weighted by molar-refractivity contribution is -0.122. The highest BCUT2D eigenvalue weighted by atomic mass is 19.1. The van der Waals surface area contributed by atoms with Gasteiger partial charge in [0, 0.05) is 0 Å². The molecule has 0 aromatic heterocycles. The highest BCUT2D eigenvalue weighted by Crippen LogP contribution is 2.16. The molecule has 1 amide bonds. The fourth-order valence-corrected chi connectivity index (χ4v) is 1.66. The van der Waals surface area contributed by atoms with Crippen LogP contribution >= 0.6 is 0 Å². The molecule has 2 aromatic rings. The molecule has 1 unspecified atom stereocenters. The molecule has 0 spiro atoms. The average molecular weight is 284 g/mol. The second-order valence-electron chi connectivity index (χ2n) is 4.37. The summed E-state index contributed by atoms with van der Waals surface area (Å²) in [5.74, 6) is -0.494. The molecular weight excluding hydrogens is 271 g/mol. The second-order valence-corrected chi connectivity index (χ2v) is 4.37. The van der Waals surface area contributed by atoms with E-state index < -0.39 is 17.8 Å². The zero-order chi connectivity index (χ0) is 15.2. The van der Waals surface area contributed by atoms with E-state index >= 15 is 0 Å². The molecule has 2 rings (SSSR count). The number of nitrogens with zero attached hydrogens (tertiary/aromatic N) is 1. The van der Waals surface area contributed by atoms with E-state index in [1.165, 1.54) is 12.1 Å². The Morgan fingerprint density at radius 3 is 2.52 bits per heavy atom. The number of amides is 1. The molecule has 0 aliphatic carbocycles. The number of ether oxygens (including phenoxy) is 1. The number of anilines is 1. The summed E-state index contributed by atoms with van der Waals surface area (Å²) in [4.78, 5) is 11.9. The van der Waals surface area contributed by atoms with Crippen LogP contribution in [0.25, 0.3) is 0 Å². The monoisotopic (exact) mass is 284 g/mol. The molecule has 21 heavy (non-hydrogen) atoms. The highest BCUT2D eigenvalue weighted by molar-refractivity contribution is 5.94. The summed E-state index contributed by atoms with van der Waals surface area (Å²) in [5, 5.41) is 11.2. The van der Waals surface area contributed by atoms with Crippen LogP contribution in [-0.4, -0.2) is 12.0 Å². The molecule has 1 atom stereocenters. The first-order chi connectivity index (χ1) is 10.1. The normalized spacial score (nSPS) is 11.3. The zero-order valence-electron chi connectivity index (χ0n) is 11.3. The van der Waals surface area contributed by atoms with E-state index in [2.05, 4.69) is 5.32 Å². The van der Waals surface area contributed by atoms with Gasteiger partial charge in [-0.2, -0.15) is 5.26 Å². The topological polar surface area (TPSA) is 62.1 Å². The van der Waals surface area contributed by atoms with Gasteiger partial charge in [0.05, 0.1) is 17.3 Å². The Labute approximate surface area is 121 Å². The predicted molar refractivity (Wildman–Crippen MR) is 76.3 cm³/mol. The lowest BCUT2D eigenvalue weighted by Crippen LogP contribution is -2.30. The molecule has 0 fully saturated rings. The summed E-state index contributed by atoms with van der Waals surface area (Å²) in [7, 11) is 0. The van der Waals surface area contributed by atoms with E-state index in [9.17, 15) is 9.18 Å². The van der Waals surface area contributed by atoms with Crippen molar-refractivity contribution in [2.75, 3.05) is 5.32 Å². The Hall–Kier alpha value is -2.87. The summed E-state index contributed by atoms with van der Waals surface area (Å²) in [5.41, 5.74) is 0.614. The Morgan fingerprint density at radius 1 is 1.24 bits per heavy atom. The Kier molecular flexibility index (Phi) is 4.52. The van der Waals surface area contributed by atoms with Gasteiger partial charge in [-0.05, 0) is 43.3 Å². The van der Waals surface area contributed by atoms with Crippen LogP contribution in [0.4, 0.5) is 10.1 Å². The molecule has 0 aliphatic heterocycles. The number of hydrogen-bond acceptors (Lipinski definition) is 3. The third-order valence-electron chi connectivity index (χ3n) is 2.80. The summed E-state index contributed by atoms with van der Waals surface area (Å²) in [6.45, 7) is 1.56.